The van der Waals surface area contributed by atoms with E-state index in [1.165, 1.54) is 6.20 Å². The SMILES string of the molecule is C=c1ccccc(=C)n(CC)c(C(/C=C\C)=C/N=N)c1. The van der Waals surface area contributed by atoms with Crippen LogP contribution in [0.2, 0.25) is 0 Å². The number of hydrogen-bond acceptors (Lipinski definition) is 2. The molecule has 0 atom stereocenters. The molecule has 0 saturated carbocycles. The van der Waals surface area contributed by atoms with Crippen LogP contribution in [0.1, 0.15) is 19.5 Å². The van der Waals surface area contributed by atoms with E-state index < -0.39 is 0 Å². The maximum atomic E-state index is 7.09. The van der Waals surface area contributed by atoms with Crippen molar-refractivity contribution in [3.8, 4) is 0 Å². The van der Waals surface area contributed by atoms with Crippen molar-refractivity contribution in [2.45, 2.75) is 20.4 Å². The molecule has 20 heavy (non-hydrogen) atoms. The summed E-state index contributed by atoms with van der Waals surface area (Å²) < 4.78 is 2.08. The second-order valence-corrected chi connectivity index (χ2v) is 4.27. The predicted molar refractivity (Wildman–Crippen MR) is 86.0 cm³/mol. The molecule has 0 amide bonds. The summed E-state index contributed by atoms with van der Waals surface area (Å²) in [7, 11) is 0. The molecule has 0 spiro atoms. The number of rotatable bonds is 4. The van der Waals surface area contributed by atoms with Crippen molar-refractivity contribution in [2.24, 2.45) is 5.11 Å². The molecule has 0 bridgehead atoms. The van der Waals surface area contributed by atoms with E-state index in [2.05, 4.69) is 29.8 Å². The third-order valence-corrected chi connectivity index (χ3v) is 2.83. The zero-order chi connectivity index (χ0) is 15.0. The van der Waals surface area contributed by atoms with Gasteiger partial charge in [0.15, 0.2) is 0 Å². The van der Waals surface area contributed by atoms with Crippen LogP contribution < -0.4 is 10.6 Å². The summed E-state index contributed by atoms with van der Waals surface area (Å²) in [6, 6.07) is 9.76. The molecule has 0 fully saturated rings. The highest BCUT2D eigenvalue weighted by Gasteiger charge is 2.01. The van der Waals surface area contributed by atoms with Gasteiger partial charge < -0.3 is 4.57 Å². The molecule has 0 radical (unpaired) electrons. The number of aromatic nitrogens is 1. The molecule has 104 valence electrons. The van der Waals surface area contributed by atoms with Crippen LogP contribution in [-0.2, 0) is 6.54 Å². The molecule has 3 heteroatoms. The van der Waals surface area contributed by atoms with Crippen molar-refractivity contribution in [1.29, 1.82) is 5.53 Å². The standard InChI is InChI=1S/C17H21N3/c1-5-9-16(13-19-18)17-12-14(3)10-7-8-11-15(4)20(17)6-2/h5,7-13,18H,3-4,6H2,1-2H3/b9-5-,10-7?,11-8?,16-13+,17-12?,19-18?. The third-order valence-electron chi connectivity index (χ3n) is 2.83. The Bertz CT molecular complexity index is 677. The van der Waals surface area contributed by atoms with Gasteiger partial charge in [-0.15, -0.1) is 0 Å². The topological polar surface area (TPSA) is 41.1 Å². The van der Waals surface area contributed by atoms with E-state index >= 15 is 0 Å². The normalized spacial score (nSPS) is 11.4. The molecule has 0 aromatic carbocycles. The molecule has 1 aromatic heterocycles. The van der Waals surface area contributed by atoms with Crippen molar-refractivity contribution >= 4 is 18.7 Å². The Hall–Kier alpha value is -2.42. The Labute approximate surface area is 120 Å². The fourth-order valence-corrected chi connectivity index (χ4v) is 1.95. The predicted octanol–water partition coefficient (Wildman–Crippen LogP) is 3.40. The van der Waals surface area contributed by atoms with Crippen LogP contribution in [0.3, 0.4) is 0 Å². The van der Waals surface area contributed by atoms with E-state index in [0.29, 0.717) is 0 Å². The van der Waals surface area contributed by atoms with Gasteiger partial charge in [0.2, 0.25) is 0 Å². The lowest BCUT2D eigenvalue weighted by Crippen LogP contribution is -2.19. The Balaban J connectivity index is 3.88. The maximum Gasteiger partial charge on any atom is 0.0582 e. The van der Waals surface area contributed by atoms with E-state index in [-0.39, 0.29) is 0 Å². The fourth-order valence-electron chi connectivity index (χ4n) is 1.95. The van der Waals surface area contributed by atoms with Gasteiger partial charge in [0.25, 0.3) is 0 Å². The Morgan fingerprint density at radius 1 is 1.35 bits per heavy atom. The maximum absolute atomic E-state index is 7.09. The van der Waals surface area contributed by atoms with Gasteiger partial charge in [-0.3, -0.25) is 0 Å². The first-order valence-electron chi connectivity index (χ1n) is 6.55. The average Bonchev–Trinajstić information content (AvgIpc) is 2.49. The van der Waals surface area contributed by atoms with Gasteiger partial charge in [0, 0.05) is 17.5 Å². The van der Waals surface area contributed by atoms with E-state index in [9.17, 15) is 0 Å². The second kappa shape index (κ2) is 7.89. The third kappa shape index (κ3) is 4.05. The Kier molecular flexibility index (Phi) is 6.17. The first kappa shape index (κ1) is 15.6. The summed E-state index contributed by atoms with van der Waals surface area (Å²) in [5.74, 6) is 0. The zero-order valence-electron chi connectivity index (χ0n) is 12.1. The molecular formula is C17H21N3. The van der Waals surface area contributed by atoms with Crippen LogP contribution >= 0.6 is 0 Å². The lowest BCUT2D eigenvalue weighted by Gasteiger charge is -2.11. The van der Waals surface area contributed by atoms with Crippen molar-refractivity contribution in [3.63, 3.8) is 0 Å². The molecule has 0 unspecified atom stereocenters. The highest BCUT2D eigenvalue weighted by Crippen LogP contribution is 2.13. The summed E-state index contributed by atoms with van der Waals surface area (Å²) in [6.45, 7) is 12.9. The van der Waals surface area contributed by atoms with Crippen molar-refractivity contribution in [2.75, 3.05) is 0 Å². The van der Waals surface area contributed by atoms with Crippen molar-refractivity contribution < 1.29 is 0 Å². The molecule has 0 saturated heterocycles. The minimum Gasteiger partial charge on any atom is -0.342 e. The first-order chi connectivity index (χ1) is 9.63. The second-order valence-electron chi connectivity index (χ2n) is 4.27. The summed E-state index contributed by atoms with van der Waals surface area (Å²) >= 11 is 0. The molecule has 1 heterocycles. The Morgan fingerprint density at radius 3 is 2.65 bits per heavy atom. The van der Waals surface area contributed by atoms with Crippen LogP contribution in [0.4, 0.5) is 0 Å². The van der Waals surface area contributed by atoms with Gasteiger partial charge in [-0.2, -0.15) is 5.11 Å². The van der Waals surface area contributed by atoms with E-state index in [0.717, 1.165) is 28.4 Å². The largest absolute Gasteiger partial charge is 0.342 e. The summed E-state index contributed by atoms with van der Waals surface area (Å²) in [5.41, 5.74) is 8.89. The molecule has 1 rings (SSSR count). The van der Waals surface area contributed by atoms with Crippen LogP contribution in [0.5, 0.6) is 0 Å². The van der Waals surface area contributed by atoms with Crippen LogP contribution in [0, 0.1) is 5.53 Å². The number of hydrogen-bond donors (Lipinski definition) is 1. The lowest BCUT2D eigenvalue weighted by molar-refractivity contribution is 0.726. The molecule has 1 aromatic rings. The summed E-state index contributed by atoms with van der Waals surface area (Å²) in [6.07, 6.45) is 5.38. The fraction of sp³-hybridized carbons (Fsp3) is 0.176. The van der Waals surface area contributed by atoms with Crippen LogP contribution in [0.25, 0.3) is 18.7 Å². The smallest absolute Gasteiger partial charge is 0.0582 e. The average molecular weight is 267 g/mol. The van der Waals surface area contributed by atoms with Gasteiger partial charge in [-0.05, 0) is 31.2 Å². The van der Waals surface area contributed by atoms with Crippen molar-refractivity contribution in [3.05, 3.63) is 64.9 Å². The number of allylic oxidation sites excluding steroid dienone is 3. The summed E-state index contributed by atoms with van der Waals surface area (Å²) in [5, 5.41) is 5.17. The minimum absolute atomic E-state index is 0.773. The molecule has 0 aliphatic heterocycles. The Morgan fingerprint density at radius 2 is 2.05 bits per heavy atom. The van der Waals surface area contributed by atoms with Crippen LogP contribution in [0.15, 0.2) is 53.8 Å². The molecular weight excluding hydrogens is 246 g/mol. The number of nitrogens with zero attached hydrogens (tertiary/aromatic N) is 2. The van der Waals surface area contributed by atoms with Gasteiger partial charge >= 0.3 is 0 Å². The first-order valence-corrected chi connectivity index (χ1v) is 6.55. The molecule has 0 aliphatic carbocycles. The monoisotopic (exact) mass is 267 g/mol. The van der Waals surface area contributed by atoms with Gasteiger partial charge in [0.1, 0.15) is 0 Å². The lowest BCUT2D eigenvalue weighted by atomic mass is 10.1. The van der Waals surface area contributed by atoms with Gasteiger partial charge in [-0.25, -0.2) is 5.53 Å². The van der Waals surface area contributed by atoms with Crippen molar-refractivity contribution in [1.82, 2.24) is 4.57 Å². The highest BCUT2D eigenvalue weighted by atomic mass is 15.0. The molecule has 3 nitrogen and oxygen atoms in total. The zero-order valence-corrected chi connectivity index (χ0v) is 12.1. The van der Waals surface area contributed by atoms with Gasteiger partial charge in [0.05, 0.1) is 11.9 Å². The summed E-state index contributed by atoms with van der Waals surface area (Å²) in [4.78, 5) is 0. The highest BCUT2D eigenvalue weighted by molar-refractivity contribution is 5.71. The van der Waals surface area contributed by atoms with E-state index in [1.807, 2.05) is 49.4 Å². The number of nitrogens with one attached hydrogen (secondary N) is 1. The van der Waals surface area contributed by atoms with E-state index in [4.69, 9.17) is 5.53 Å². The van der Waals surface area contributed by atoms with E-state index in [1.54, 1.807) is 0 Å². The molecule has 1 N–H and O–H groups in total. The minimum atomic E-state index is 0.773. The van der Waals surface area contributed by atoms with Crippen LogP contribution in [-0.4, -0.2) is 4.57 Å². The quantitative estimate of drug-likeness (QED) is 0.642. The molecule has 0 aliphatic rings. The van der Waals surface area contributed by atoms with Gasteiger partial charge in [-0.1, -0.05) is 43.5 Å².